The van der Waals surface area contributed by atoms with Gasteiger partial charge >= 0.3 is 0 Å². The van der Waals surface area contributed by atoms with Crippen molar-refractivity contribution in [2.45, 2.75) is 19.9 Å². The number of allylic oxidation sites excluding steroid dienone is 1. The van der Waals surface area contributed by atoms with Crippen molar-refractivity contribution < 1.29 is 14.3 Å². The molecule has 38 heavy (non-hydrogen) atoms. The summed E-state index contributed by atoms with van der Waals surface area (Å²) in [5, 5.41) is 13.8. The zero-order valence-electron chi connectivity index (χ0n) is 21.1. The second kappa shape index (κ2) is 10.5. The maximum Gasteiger partial charge on any atom is 0.261 e. The molecule has 4 aromatic rings. The minimum absolute atomic E-state index is 0.278. The van der Waals surface area contributed by atoms with E-state index in [0.29, 0.717) is 39.8 Å². The van der Waals surface area contributed by atoms with Gasteiger partial charge in [-0.05, 0) is 73.5 Å². The van der Waals surface area contributed by atoms with Gasteiger partial charge in [0.05, 0.1) is 18.9 Å². The molecule has 2 heterocycles. The summed E-state index contributed by atoms with van der Waals surface area (Å²) < 4.78 is 7.82. The Bertz CT molecular complexity index is 1540. The Kier molecular flexibility index (Phi) is 7.02. The van der Waals surface area contributed by atoms with Gasteiger partial charge in [-0.15, -0.1) is 0 Å². The molecule has 5 rings (SSSR count). The van der Waals surface area contributed by atoms with E-state index in [0.717, 1.165) is 15.6 Å². The highest BCUT2D eigenvalue weighted by Gasteiger charge is 2.35. The van der Waals surface area contributed by atoms with Gasteiger partial charge in [0, 0.05) is 21.5 Å². The maximum atomic E-state index is 13.6. The minimum Gasteiger partial charge on any atom is -0.497 e. The highest BCUT2D eigenvalue weighted by Crippen LogP contribution is 2.38. The molecular formula is C29H26BrN5O3. The molecule has 3 aromatic carbocycles. The molecule has 2 amide bonds. The van der Waals surface area contributed by atoms with Gasteiger partial charge in [0.15, 0.2) is 0 Å². The van der Waals surface area contributed by atoms with Crippen LogP contribution in [0.5, 0.6) is 5.75 Å². The van der Waals surface area contributed by atoms with E-state index in [1.165, 1.54) is 6.20 Å². The summed E-state index contributed by atoms with van der Waals surface area (Å²) in [7, 11) is 1.59. The number of nitrogens with one attached hydrogen (secondary N) is 3. The molecule has 0 fully saturated rings. The minimum atomic E-state index is -0.557. The van der Waals surface area contributed by atoms with Crippen molar-refractivity contribution in [2.75, 3.05) is 23.1 Å². The monoisotopic (exact) mass is 571 g/mol. The third-order valence-corrected chi connectivity index (χ3v) is 6.85. The van der Waals surface area contributed by atoms with Gasteiger partial charge in [0.2, 0.25) is 0 Å². The van der Waals surface area contributed by atoms with Crippen LogP contribution in [0.1, 0.15) is 34.5 Å². The molecule has 1 aromatic heterocycles. The Morgan fingerprint density at radius 1 is 0.947 bits per heavy atom. The second-order valence-corrected chi connectivity index (χ2v) is 9.89. The molecule has 1 aliphatic rings. The first kappa shape index (κ1) is 25.3. The molecule has 3 N–H and O–H groups in total. The topological polar surface area (TPSA) is 97.3 Å². The standard InChI is InChI=1S/C29H26BrN5O3/c1-17-5-4-6-22(15-17)34-28(36)24-16-31-35-26(19-7-9-20(30)10-8-19)25(18(2)32-27(24)35)29(37)33-21-11-13-23(38-3)14-12-21/h4-16,26,32H,1-3H3,(H,33,37)(H,34,36)/t26-/m0/s1. The second-order valence-electron chi connectivity index (χ2n) is 8.98. The molecule has 0 spiro atoms. The van der Waals surface area contributed by atoms with Crippen molar-refractivity contribution in [1.29, 1.82) is 0 Å². The molecule has 0 unspecified atom stereocenters. The van der Waals surface area contributed by atoms with E-state index in [-0.39, 0.29) is 11.8 Å². The number of aromatic nitrogens is 2. The molecule has 1 atom stereocenters. The van der Waals surface area contributed by atoms with Crippen LogP contribution in [-0.4, -0.2) is 28.7 Å². The van der Waals surface area contributed by atoms with Crippen molar-refractivity contribution in [2.24, 2.45) is 0 Å². The Morgan fingerprint density at radius 3 is 2.34 bits per heavy atom. The van der Waals surface area contributed by atoms with Gasteiger partial charge in [0.1, 0.15) is 23.2 Å². The zero-order chi connectivity index (χ0) is 26.8. The number of methoxy groups -OCH3 is 1. The van der Waals surface area contributed by atoms with E-state index in [4.69, 9.17) is 4.74 Å². The van der Waals surface area contributed by atoms with Crippen LogP contribution in [0.25, 0.3) is 0 Å². The number of ether oxygens (including phenoxy) is 1. The van der Waals surface area contributed by atoms with Crippen molar-refractivity contribution in [3.05, 3.63) is 111 Å². The number of carbonyl (C=O) groups is 2. The Balaban J connectivity index is 1.52. The van der Waals surface area contributed by atoms with Gasteiger partial charge in [-0.2, -0.15) is 5.10 Å². The van der Waals surface area contributed by atoms with Crippen molar-refractivity contribution in [3.63, 3.8) is 0 Å². The van der Waals surface area contributed by atoms with Crippen LogP contribution < -0.4 is 20.7 Å². The third-order valence-electron chi connectivity index (χ3n) is 6.32. The molecule has 1 aliphatic heterocycles. The van der Waals surface area contributed by atoms with Gasteiger partial charge in [-0.25, -0.2) is 4.68 Å². The number of hydrogen-bond donors (Lipinski definition) is 3. The fraction of sp³-hybridized carbons (Fsp3) is 0.138. The normalized spacial score (nSPS) is 14.4. The number of hydrogen-bond acceptors (Lipinski definition) is 5. The van der Waals surface area contributed by atoms with E-state index in [2.05, 4.69) is 37.0 Å². The van der Waals surface area contributed by atoms with Crippen LogP contribution in [0.2, 0.25) is 0 Å². The van der Waals surface area contributed by atoms with E-state index in [9.17, 15) is 9.59 Å². The number of halogens is 1. The molecule has 0 saturated heterocycles. The predicted molar refractivity (Wildman–Crippen MR) is 152 cm³/mol. The first-order valence-corrected chi connectivity index (χ1v) is 12.8. The highest BCUT2D eigenvalue weighted by atomic mass is 79.9. The van der Waals surface area contributed by atoms with Crippen LogP contribution in [0.4, 0.5) is 17.2 Å². The lowest BCUT2D eigenvalue weighted by Crippen LogP contribution is -2.32. The van der Waals surface area contributed by atoms with Crippen molar-refractivity contribution in [3.8, 4) is 5.75 Å². The summed E-state index contributed by atoms with van der Waals surface area (Å²) in [6.45, 7) is 3.79. The smallest absolute Gasteiger partial charge is 0.261 e. The molecule has 9 heteroatoms. The van der Waals surface area contributed by atoms with Gasteiger partial charge in [-0.1, -0.05) is 40.2 Å². The van der Waals surface area contributed by atoms with E-state index >= 15 is 0 Å². The lowest BCUT2D eigenvalue weighted by Gasteiger charge is -2.30. The average molecular weight is 572 g/mol. The number of rotatable bonds is 6. The van der Waals surface area contributed by atoms with Crippen LogP contribution in [-0.2, 0) is 4.79 Å². The SMILES string of the molecule is COc1ccc(NC(=O)C2=C(C)Nc3c(C(=O)Nc4cccc(C)c4)cnn3[C@H]2c2ccc(Br)cc2)cc1. The number of anilines is 3. The number of amides is 2. The van der Waals surface area contributed by atoms with E-state index in [1.54, 1.807) is 36.1 Å². The first-order valence-electron chi connectivity index (χ1n) is 12.0. The summed E-state index contributed by atoms with van der Waals surface area (Å²) in [6, 6.07) is 21.9. The summed E-state index contributed by atoms with van der Waals surface area (Å²) in [6.07, 6.45) is 1.52. The largest absolute Gasteiger partial charge is 0.497 e. The summed E-state index contributed by atoms with van der Waals surface area (Å²) >= 11 is 3.48. The van der Waals surface area contributed by atoms with Crippen molar-refractivity contribution in [1.82, 2.24) is 9.78 Å². The summed E-state index contributed by atoms with van der Waals surface area (Å²) in [5.74, 6) is 0.641. The van der Waals surface area contributed by atoms with Gasteiger partial charge in [-0.3, -0.25) is 9.59 Å². The molecule has 0 aliphatic carbocycles. The fourth-order valence-corrected chi connectivity index (χ4v) is 4.73. The van der Waals surface area contributed by atoms with E-state index in [1.807, 2.05) is 62.4 Å². The molecular weight excluding hydrogens is 546 g/mol. The number of benzene rings is 3. The predicted octanol–water partition coefficient (Wildman–Crippen LogP) is 6.14. The van der Waals surface area contributed by atoms with Crippen molar-refractivity contribution >= 4 is 44.9 Å². The van der Waals surface area contributed by atoms with Crippen LogP contribution in [0, 0.1) is 6.92 Å². The summed E-state index contributed by atoms with van der Waals surface area (Å²) in [4.78, 5) is 26.9. The van der Waals surface area contributed by atoms with Crippen LogP contribution >= 0.6 is 15.9 Å². The van der Waals surface area contributed by atoms with Crippen LogP contribution in [0.3, 0.4) is 0 Å². The Labute approximate surface area is 228 Å². The number of carbonyl (C=O) groups excluding carboxylic acids is 2. The molecule has 0 bridgehead atoms. The van der Waals surface area contributed by atoms with E-state index < -0.39 is 6.04 Å². The molecule has 0 saturated carbocycles. The zero-order valence-corrected chi connectivity index (χ0v) is 22.7. The average Bonchev–Trinajstić information content (AvgIpc) is 3.32. The van der Waals surface area contributed by atoms with Gasteiger partial charge < -0.3 is 20.7 Å². The Hall–Kier alpha value is -4.37. The first-order chi connectivity index (χ1) is 18.3. The van der Waals surface area contributed by atoms with Gasteiger partial charge in [0.25, 0.3) is 11.8 Å². The summed E-state index contributed by atoms with van der Waals surface area (Å²) in [5.41, 5.74) is 4.72. The quantitative estimate of drug-likeness (QED) is 0.258. The molecule has 8 nitrogen and oxygen atoms in total. The molecule has 0 radical (unpaired) electrons. The lowest BCUT2D eigenvalue weighted by atomic mass is 9.94. The highest BCUT2D eigenvalue weighted by molar-refractivity contribution is 9.10. The maximum absolute atomic E-state index is 13.6. The number of fused-ring (bicyclic) bond motifs is 1. The van der Waals surface area contributed by atoms with Crippen LogP contribution in [0.15, 0.2) is 94.7 Å². The lowest BCUT2D eigenvalue weighted by molar-refractivity contribution is -0.113. The third kappa shape index (κ3) is 5.05. The molecule has 192 valence electrons. The Morgan fingerprint density at radius 2 is 1.66 bits per heavy atom. The number of nitrogens with zero attached hydrogens (tertiary/aromatic N) is 2. The number of aryl methyl sites for hydroxylation is 1. The fourth-order valence-electron chi connectivity index (χ4n) is 4.46.